The molecule has 0 spiro atoms. The Hall–Kier alpha value is -0.420. The number of methoxy groups -OCH3 is 1. The molecule has 0 rings (SSSR count). The molecule has 60 valence electrons. The Morgan fingerprint density at radius 3 is 2.50 bits per heavy atom. The van der Waals surface area contributed by atoms with E-state index in [-0.39, 0.29) is 18.1 Å². The van der Waals surface area contributed by atoms with Gasteiger partial charge in [0.15, 0.2) is 11.1 Å². The van der Waals surface area contributed by atoms with Crippen LogP contribution < -0.4 is 0 Å². The maximum atomic E-state index is 10.5. The van der Waals surface area contributed by atoms with Crippen LogP contribution >= 0.6 is 0 Å². The first kappa shape index (κ1) is 9.58. The highest BCUT2D eigenvalue weighted by Crippen LogP contribution is 1.89. The molecule has 0 aliphatic heterocycles. The molecule has 0 radical (unpaired) electrons. The maximum Gasteiger partial charge on any atom is 0.306 e. The number of carbonyl (C=O) groups excluding carboxylic acids is 1. The normalized spacial score (nSPS) is 12.6. The Morgan fingerprint density at radius 2 is 2.10 bits per heavy atom. The van der Waals surface area contributed by atoms with Crippen LogP contribution in [0.2, 0.25) is 0 Å². The lowest BCUT2D eigenvalue weighted by Crippen LogP contribution is -2.07. The third-order valence-corrected chi connectivity index (χ3v) is 1.80. The van der Waals surface area contributed by atoms with E-state index in [0.29, 0.717) is 0 Å². The summed E-state index contributed by atoms with van der Waals surface area (Å²) in [5.41, 5.74) is 0. The molecular weight excluding hydrogens is 156 g/mol. The molecule has 0 N–H and O–H groups in total. The summed E-state index contributed by atoms with van der Waals surface area (Å²) < 4.78 is 19.2. The van der Waals surface area contributed by atoms with Crippen molar-refractivity contribution in [2.45, 2.75) is 6.42 Å². The third kappa shape index (κ3) is 4.46. The molecule has 0 bridgehead atoms. The summed E-state index contributed by atoms with van der Waals surface area (Å²) in [6, 6.07) is 0. The van der Waals surface area contributed by atoms with Gasteiger partial charge in [-0.2, -0.15) is 0 Å². The maximum absolute atomic E-state index is 10.5. The number of rotatable bonds is 4. The van der Waals surface area contributed by atoms with Gasteiger partial charge in [-0.1, -0.05) is 0 Å². The Morgan fingerprint density at radius 1 is 1.50 bits per heavy atom. The number of hydrogen-bond donors (Lipinski definition) is 0. The summed E-state index contributed by atoms with van der Waals surface area (Å²) in [7, 11) is 2.62. The second-order valence-electron chi connectivity index (χ2n) is 1.50. The van der Waals surface area contributed by atoms with Gasteiger partial charge in [-0.3, -0.25) is 8.98 Å². The minimum Gasteiger partial charge on any atom is -0.469 e. The van der Waals surface area contributed by atoms with Gasteiger partial charge in [0.2, 0.25) is 0 Å². The smallest absolute Gasteiger partial charge is 0.306 e. The van der Waals surface area contributed by atoms with E-state index in [0.717, 1.165) is 0 Å². The van der Waals surface area contributed by atoms with Crippen LogP contribution in [0, 0.1) is 0 Å². The predicted octanol–water partition coefficient (Wildman–Crippen LogP) is -0.140. The van der Waals surface area contributed by atoms with Crippen LogP contribution in [0.25, 0.3) is 0 Å². The number of esters is 1. The Labute approximate surface area is 62.2 Å². The first-order valence-corrected chi connectivity index (χ1v) is 3.94. The fraction of sp³-hybridized carbons (Fsp3) is 0.800. The minimum absolute atomic E-state index is 0.136. The molecule has 10 heavy (non-hydrogen) atoms. The highest BCUT2D eigenvalue weighted by molar-refractivity contribution is 7.80. The number of carbonyl (C=O) groups is 1. The largest absolute Gasteiger partial charge is 0.469 e. The van der Waals surface area contributed by atoms with Gasteiger partial charge < -0.3 is 4.74 Å². The Kier molecular flexibility index (Phi) is 5.15. The zero-order valence-electron chi connectivity index (χ0n) is 5.96. The Bertz CT molecular complexity index is 118. The highest BCUT2D eigenvalue weighted by atomic mass is 32.2. The molecular formula is C5H10O4S. The summed E-state index contributed by atoms with van der Waals surface area (Å²) in [4.78, 5) is 10.4. The van der Waals surface area contributed by atoms with Gasteiger partial charge in [-0.25, -0.2) is 4.21 Å². The monoisotopic (exact) mass is 166 g/mol. The van der Waals surface area contributed by atoms with Crippen LogP contribution in [0.4, 0.5) is 0 Å². The van der Waals surface area contributed by atoms with Gasteiger partial charge >= 0.3 is 5.97 Å². The van der Waals surface area contributed by atoms with Gasteiger partial charge in [0.05, 0.1) is 26.4 Å². The predicted molar refractivity (Wildman–Crippen MR) is 36.7 cm³/mol. The second kappa shape index (κ2) is 5.37. The van der Waals surface area contributed by atoms with E-state index in [2.05, 4.69) is 8.92 Å². The van der Waals surface area contributed by atoms with Crippen LogP contribution in [-0.4, -0.2) is 30.2 Å². The molecule has 0 fully saturated rings. The Balaban J connectivity index is 3.35. The molecule has 0 aliphatic rings. The van der Waals surface area contributed by atoms with Crippen molar-refractivity contribution in [3.63, 3.8) is 0 Å². The third-order valence-electron chi connectivity index (χ3n) is 0.886. The molecule has 0 heterocycles. The summed E-state index contributed by atoms with van der Waals surface area (Å²) in [5, 5.41) is 0. The zero-order valence-corrected chi connectivity index (χ0v) is 6.77. The van der Waals surface area contributed by atoms with E-state index in [1.165, 1.54) is 14.2 Å². The molecule has 0 aromatic heterocycles. The zero-order chi connectivity index (χ0) is 7.98. The average Bonchev–Trinajstić information content (AvgIpc) is 1.99. The van der Waals surface area contributed by atoms with Crippen molar-refractivity contribution in [3.8, 4) is 0 Å². The fourth-order valence-electron chi connectivity index (χ4n) is 0.352. The topological polar surface area (TPSA) is 52.6 Å². The molecule has 0 saturated carbocycles. The van der Waals surface area contributed by atoms with Crippen LogP contribution in [0.15, 0.2) is 0 Å². The number of hydrogen-bond acceptors (Lipinski definition) is 4. The van der Waals surface area contributed by atoms with E-state index >= 15 is 0 Å². The lowest BCUT2D eigenvalue weighted by Gasteiger charge is -1.96. The average molecular weight is 166 g/mol. The summed E-state index contributed by atoms with van der Waals surface area (Å²) >= 11 is -1.35. The van der Waals surface area contributed by atoms with Crippen molar-refractivity contribution in [3.05, 3.63) is 0 Å². The molecule has 0 amide bonds. The van der Waals surface area contributed by atoms with E-state index < -0.39 is 11.1 Å². The van der Waals surface area contributed by atoms with Crippen molar-refractivity contribution >= 4 is 17.0 Å². The van der Waals surface area contributed by atoms with Crippen molar-refractivity contribution in [1.82, 2.24) is 0 Å². The lowest BCUT2D eigenvalue weighted by molar-refractivity contribution is -0.140. The first-order valence-electron chi connectivity index (χ1n) is 2.70. The highest BCUT2D eigenvalue weighted by Gasteiger charge is 2.03. The van der Waals surface area contributed by atoms with E-state index in [9.17, 15) is 9.00 Å². The fourth-order valence-corrected chi connectivity index (χ4v) is 0.852. The van der Waals surface area contributed by atoms with E-state index in [1.54, 1.807) is 0 Å². The first-order chi connectivity index (χ1) is 4.70. The molecule has 0 aromatic carbocycles. The van der Waals surface area contributed by atoms with E-state index in [1.807, 2.05) is 0 Å². The van der Waals surface area contributed by atoms with Crippen molar-refractivity contribution in [1.29, 1.82) is 0 Å². The molecule has 5 heteroatoms. The van der Waals surface area contributed by atoms with Crippen molar-refractivity contribution in [2.75, 3.05) is 20.0 Å². The summed E-state index contributed by atoms with van der Waals surface area (Å²) in [6.07, 6.45) is 0.136. The summed E-state index contributed by atoms with van der Waals surface area (Å²) in [5.74, 6) is -0.172. The van der Waals surface area contributed by atoms with Crippen LogP contribution in [0.1, 0.15) is 6.42 Å². The SMILES string of the molecule is COC(=O)CC[S@](=O)OC. The van der Waals surface area contributed by atoms with E-state index in [4.69, 9.17) is 0 Å². The second-order valence-corrected chi connectivity index (χ2v) is 2.85. The quantitative estimate of drug-likeness (QED) is 0.545. The minimum atomic E-state index is -1.35. The van der Waals surface area contributed by atoms with Gasteiger partial charge in [0.1, 0.15) is 0 Å². The molecule has 0 aromatic rings. The number of ether oxygens (including phenoxy) is 1. The van der Waals surface area contributed by atoms with Crippen LogP contribution in [0.5, 0.6) is 0 Å². The van der Waals surface area contributed by atoms with Crippen LogP contribution in [-0.2, 0) is 24.8 Å². The molecule has 4 nitrogen and oxygen atoms in total. The molecule has 0 saturated heterocycles. The van der Waals surface area contributed by atoms with Gasteiger partial charge in [-0.15, -0.1) is 0 Å². The van der Waals surface area contributed by atoms with Gasteiger partial charge in [-0.05, 0) is 0 Å². The standard InChI is InChI=1S/C5H10O4S/c1-8-5(6)3-4-10(7)9-2/h3-4H2,1-2H3/t10-/m1/s1. The lowest BCUT2D eigenvalue weighted by atomic mass is 10.5. The summed E-state index contributed by atoms with van der Waals surface area (Å²) in [6.45, 7) is 0. The van der Waals surface area contributed by atoms with Crippen LogP contribution in [0.3, 0.4) is 0 Å². The van der Waals surface area contributed by atoms with Gasteiger partial charge in [0, 0.05) is 0 Å². The molecule has 1 atom stereocenters. The van der Waals surface area contributed by atoms with Gasteiger partial charge in [0.25, 0.3) is 0 Å². The van der Waals surface area contributed by atoms with Crippen molar-refractivity contribution < 1.29 is 17.9 Å². The molecule has 0 aliphatic carbocycles. The molecule has 0 unspecified atom stereocenters. The van der Waals surface area contributed by atoms with Crippen molar-refractivity contribution in [2.24, 2.45) is 0 Å².